The molecule has 4 nitrogen and oxygen atoms in total. The first kappa shape index (κ1) is 12.7. The van der Waals surface area contributed by atoms with Crippen LogP contribution in [-0.4, -0.2) is 34.8 Å². The maximum atomic E-state index is 12.9. The van der Waals surface area contributed by atoms with Gasteiger partial charge in [0.25, 0.3) is 0 Å². The molecule has 2 fully saturated rings. The van der Waals surface area contributed by atoms with Crippen LogP contribution in [0.4, 0.5) is 0 Å². The van der Waals surface area contributed by atoms with Crippen molar-refractivity contribution in [2.24, 2.45) is 0 Å². The Kier molecular flexibility index (Phi) is 3.33. The standard InChI is InChI=1S/C15H22N2O2/c18-13-8-11-17(12-6-2-3-7-12)14(19)15(16-13)9-4-1-5-10-15/h2-3,12H,1,4-11H2,(H,16,18). The molecule has 1 saturated carbocycles. The Morgan fingerprint density at radius 2 is 1.79 bits per heavy atom. The summed E-state index contributed by atoms with van der Waals surface area (Å²) in [6, 6.07) is 0.277. The number of nitrogens with one attached hydrogen (secondary N) is 1. The number of carbonyl (C=O) groups excluding carboxylic acids is 2. The van der Waals surface area contributed by atoms with Crippen molar-refractivity contribution in [2.75, 3.05) is 6.54 Å². The minimum absolute atomic E-state index is 0.0451. The van der Waals surface area contributed by atoms with Crippen LogP contribution >= 0.6 is 0 Å². The number of carbonyl (C=O) groups is 2. The molecule has 1 spiro atoms. The van der Waals surface area contributed by atoms with Gasteiger partial charge in [0.1, 0.15) is 5.54 Å². The van der Waals surface area contributed by atoms with Gasteiger partial charge in [-0.15, -0.1) is 0 Å². The zero-order chi connectivity index (χ0) is 13.3. The molecule has 2 amide bonds. The van der Waals surface area contributed by atoms with E-state index in [0.717, 1.165) is 38.5 Å². The molecule has 3 aliphatic rings. The fourth-order valence-electron chi connectivity index (χ4n) is 3.68. The summed E-state index contributed by atoms with van der Waals surface area (Å²) in [5.74, 6) is 0.218. The van der Waals surface area contributed by atoms with Crippen molar-refractivity contribution < 1.29 is 9.59 Å². The smallest absolute Gasteiger partial charge is 0.248 e. The van der Waals surface area contributed by atoms with Crippen molar-refractivity contribution >= 4 is 11.8 Å². The van der Waals surface area contributed by atoms with Gasteiger partial charge in [-0.2, -0.15) is 0 Å². The minimum atomic E-state index is -0.589. The molecule has 0 unspecified atom stereocenters. The van der Waals surface area contributed by atoms with Crippen LogP contribution in [0, 0.1) is 0 Å². The second kappa shape index (κ2) is 4.99. The molecule has 0 atom stereocenters. The van der Waals surface area contributed by atoms with Crippen LogP contribution < -0.4 is 5.32 Å². The number of hydrogen-bond donors (Lipinski definition) is 1. The van der Waals surface area contributed by atoms with E-state index in [9.17, 15) is 9.59 Å². The summed E-state index contributed by atoms with van der Waals surface area (Å²) in [6.45, 7) is 0.582. The van der Waals surface area contributed by atoms with Crippen molar-refractivity contribution in [3.8, 4) is 0 Å². The highest BCUT2D eigenvalue weighted by Gasteiger charge is 2.46. The summed E-state index contributed by atoms with van der Waals surface area (Å²) >= 11 is 0. The molecule has 0 aromatic carbocycles. The largest absolute Gasteiger partial charge is 0.342 e. The molecule has 104 valence electrons. The summed E-state index contributed by atoms with van der Waals surface area (Å²) in [6.07, 6.45) is 11.5. The Hall–Kier alpha value is -1.32. The van der Waals surface area contributed by atoms with Gasteiger partial charge >= 0.3 is 0 Å². The molecule has 3 rings (SSSR count). The fraction of sp³-hybridized carbons (Fsp3) is 0.733. The summed E-state index contributed by atoms with van der Waals surface area (Å²) < 4.78 is 0. The normalized spacial score (nSPS) is 27.7. The van der Waals surface area contributed by atoms with Crippen LogP contribution in [0.25, 0.3) is 0 Å². The molecular formula is C15H22N2O2. The van der Waals surface area contributed by atoms with Crippen LogP contribution in [0.2, 0.25) is 0 Å². The number of nitrogens with zero attached hydrogens (tertiary/aromatic N) is 1. The first-order valence-electron chi connectivity index (χ1n) is 7.48. The summed E-state index contributed by atoms with van der Waals surface area (Å²) in [5, 5.41) is 3.05. The number of rotatable bonds is 1. The molecule has 2 aliphatic carbocycles. The predicted octanol–water partition coefficient (Wildman–Crippen LogP) is 1.76. The van der Waals surface area contributed by atoms with Gasteiger partial charge in [-0.05, 0) is 25.7 Å². The van der Waals surface area contributed by atoms with Gasteiger partial charge in [-0.25, -0.2) is 0 Å². The quantitative estimate of drug-likeness (QED) is 0.732. The highest BCUT2D eigenvalue weighted by atomic mass is 16.2. The van der Waals surface area contributed by atoms with Gasteiger partial charge in [0.05, 0.1) is 0 Å². The van der Waals surface area contributed by atoms with E-state index < -0.39 is 5.54 Å². The lowest BCUT2D eigenvalue weighted by atomic mass is 9.80. The van der Waals surface area contributed by atoms with Crippen molar-refractivity contribution in [2.45, 2.75) is 62.9 Å². The molecule has 1 heterocycles. The Morgan fingerprint density at radius 1 is 1.11 bits per heavy atom. The Bertz CT molecular complexity index is 402. The molecule has 1 saturated heterocycles. The molecule has 19 heavy (non-hydrogen) atoms. The van der Waals surface area contributed by atoms with Crippen molar-refractivity contribution in [3.05, 3.63) is 12.2 Å². The van der Waals surface area contributed by atoms with Crippen molar-refractivity contribution in [1.82, 2.24) is 10.2 Å². The lowest BCUT2D eigenvalue weighted by molar-refractivity contribution is -0.142. The average Bonchev–Trinajstić information content (AvgIpc) is 2.90. The lowest BCUT2D eigenvalue weighted by Gasteiger charge is -2.40. The van der Waals surface area contributed by atoms with Gasteiger partial charge < -0.3 is 10.2 Å². The number of amides is 2. The zero-order valence-electron chi connectivity index (χ0n) is 11.4. The van der Waals surface area contributed by atoms with Crippen molar-refractivity contribution in [3.63, 3.8) is 0 Å². The predicted molar refractivity (Wildman–Crippen MR) is 72.5 cm³/mol. The van der Waals surface area contributed by atoms with Gasteiger partial charge in [-0.1, -0.05) is 31.4 Å². The van der Waals surface area contributed by atoms with Gasteiger partial charge in [0.2, 0.25) is 11.8 Å². The summed E-state index contributed by atoms with van der Waals surface area (Å²) in [4.78, 5) is 26.9. The van der Waals surface area contributed by atoms with Crippen LogP contribution in [0.1, 0.15) is 51.4 Å². The number of hydrogen-bond acceptors (Lipinski definition) is 2. The second-order valence-corrected chi connectivity index (χ2v) is 6.04. The fourth-order valence-corrected chi connectivity index (χ4v) is 3.68. The van der Waals surface area contributed by atoms with E-state index in [1.54, 1.807) is 0 Å². The SMILES string of the molecule is O=C1CCN(C2CC=CC2)C(=O)C2(CCCCC2)N1. The average molecular weight is 262 g/mol. The second-order valence-electron chi connectivity index (χ2n) is 6.04. The summed E-state index contributed by atoms with van der Waals surface area (Å²) in [5.41, 5.74) is -0.589. The molecule has 0 bridgehead atoms. The van der Waals surface area contributed by atoms with E-state index in [4.69, 9.17) is 0 Å². The van der Waals surface area contributed by atoms with E-state index in [1.165, 1.54) is 6.42 Å². The first-order chi connectivity index (χ1) is 9.21. The highest BCUT2D eigenvalue weighted by molar-refractivity contribution is 5.93. The molecule has 1 N–H and O–H groups in total. The van der Waals surface area contributed by atoms with E-state index >= 15 is 0 Å². The van der Waals surface area contributed by atoms with E-state index in [0.29, 0.717) is 13.0 Å². The molecule has 1 aliphatic heterocycles. The third-order valence-corrected chi connectivity index (χ3v) is 4.76. The van der Waals surface area contributed by atoms with Gasteiger partial charge in [0, 0.05) is 19.0 Å². The Morgan fingerprint density at radius 3 is 2.47 bits per heavy atom. The van der Waals surface area contributed by atoms with E-state index in [-0.39, 0.29) is 17.9 Å². The van der Waals surface area contributed by atoms with Gasteiger partial charge in [-0.3, -0.25) is 9.59 Å². The van der Waals surface area contributed by atoms with Gasteiger partial charge in [0.15, 0.2) is 0 Å². The van der Waals surface area contributed by atoms with Crippen molar-refractivity contribution in [1.29, 1.82) is 0 Å². The molecule has 0 aromatic heterocycles. The highest BCUT2D eigenvalue weighted by Crippen LogP contribution is 2.33. The van der Waals surface area contributed by atoms with E-state index in [1.807, 2.05) is 4.90 Å². The third kappa shape index (κ3) is 2.28. The Labute approximate surface area is 114 Å². The lowest BCUT2D eigenvalue weighted by Crippen LogP contribution is -2.59. The maximum Gasteiger partial charge on any atom is 0.248 e. The first-order valence-corrected chi connectivity index (χ1v) is 7.48. The Balaban J connectivity index is 1.85. The molecule has 4 heteroatoms. The van der Waals surface area contributed by atoms with Crippen LogP contribution in [-0.2, 0) is 9.59 Å². The third-order valence-electron chi connectivity index (χ3n) is 4.76. The molecule has 0 aromatic rings. The maximum absolute atomic E-state index is 12.9. The molecule has 0 radical (unpaired) electrons. The van der Waals surface area contributed by atoms with Crippen LogP contribution in [0.3, 0.4) is 0 Å². The minimum Gasteiger partial charge on any atom is -0.342 e. The van der Waals surface area contributed by atoms with Crippen LogP contribution in [0.5, 0.6) is 0 Å². The van der Waals surface area contributed by atoms with Crippen LogP contribution in [0.15, 0.2) is 12.2 Å². The monoisotopic (exact) mass is 262 g/mol. The van der Waals surface area contributed by atoms with E-state index in [2.05, 4.69) is 17.5 Å². The molecular weight excluding hydrogens is 240 g/mol. The summed E-state index contributed by atoms with van der Waals surface area (Å²) in [7, 11) is 0. The zero-order valence-corrected chi connectivity index (χ0v) is 11.4. The topological polar surface area (TPSA) is 49.4 Å².